The Bertz CT molecular complexity index is 551. The molecule has 1 aromatic carbocycles. The summed E-state index contributed by atoms with van der Waals surface area (Å²) < 4.78 is 0. The van der Waals surface area contributed by atoms with Gasteiger partial charge in [-0.2, -0.15) is 0 Å². The largest absolute Gasteiger partial charge is 0.354 e. The summed E-state index contributed by atoms with van der Waals surface area (Å²) >= 11 is 5.98. The summed E-state index contributed by atoms with van der Waals surface area (Å²) in [5, 5.41) is 2.42. The highest BCUT2D eigenvalue weighted by atomic mass is 35.5. The van der Waals surface area contributed by atoms with Crippen molar-refractivity contribution < 1.29 is 0 Å². The van der Waals surface area contributed by atoms with Crippen LogP contribution in [0.3, 0.4) is 0 Å². The Morgan fingerprint density at radius 1 is 1.26 bits per heavy atom. The van der Waals surface area contributed by atoms with E-state index in [0.29, 0.717) is 11.9 Å². The number of nitrogens with zero attached hydrogens (tertiary/aromatic N) is 2. The number of aromatic nitrogens is 1. The third-order valence-electron chi connectivity index (χ3n) is 3.27. The number of rotatable bonds is 5. The molecule has 1 heterocycles. The smallest absolute Gasteiger partial charge is 0.137 e. The lowest BCUT2D eigenvalue weighted by molar-refractivity contribution is 0.664. The molecule has 0 atom stereocenters. The number of pyridine rings is 1. The molecule has 3 heteroatoms. The molecule has 0 saturated carbocycles. The van der Waals surface area contributed by atoms with Crippen LogP contribution in [0.2, 0.25) is 0 Å². The number of alkyl halides is 1. The Morgan fingerprint density at radius 3 is 2.63 bits per heavy atom. The fourth-order valence-corrected chi connectivity index (χ4v) is 2.51. The lowest BCUT2D eigenvalue weighted by Crippen LogP contribution is -2.32. The molecule has 19 heavy (non-hydrogen) atoms. The molecule has 102 valence electrons. The van der Waals surface area contributed by atoms with Crippen LogP contribution in [0.5, 0.6) is 0 Å². The van der Waals surface area contributed by atoms with Crippen LogP contribution in [-0.2, 0) is 5.88 Å². The molecule has 0 unspecified atom stereocenters. The van der Waals surface area contributed by atoms with Crippen molar-refractivity contribution in [2.24, 2.45) is 0 Å². The minimum atomic E-state index is 0.432. The molecule has 2 rings (SSSR count). The quantitative estimate of drug-likeness (QED) is 0.742. The van der Waals surface area contributed by atoms with Gasteiger partial charge in [0, 0.05) is 18.0 Å². The van der Waals surface area contributed by atoms with Crippen molar-refractivity contribution >= 4 is 28.2 Å². The Morgan fingerprint density at radius 2 is 2.00 bits per heavy atom. The molecule has 0 aliphatic heterocycles. The lowest BCUT2D eigenvalue weighted by Gasteiger charge is -2.29. The first-order valence-corrected chi connectivity index (χ1v) is 7.42. The van der Waals surface area contributed by atoms with E-state index in [1.807, 2.05) is 0 Å². The van der Waals surface area contributed by atoms with E-state index >= 15 is 0 Å². The van der Waals surface area contributed by atoms with Crippen LogP contribution in [-0.4, -0.2) is 17.6 Å². The summed E-state index contributed by atoms with van der Waals surface area (Å²) in [4.78, 5) is 7.11. The van der Waals surface area contributed by atoms with Crippen molar-refractivity contribution in [1.82, 2.24) is 4.98 Å². The molecular formula is C16H21ClN2. The summed E-state index contributed by atoms with van der Waals surface area (Å²) in [7, 11) is 0. The molecule has 2 nitrogen and oxygen atoms in total. The van der Waals surface area contributed by atoms with Crippen molar-refractivity contribution in [2.45, 2.75) is 39.1 Å². The predicted molar refractivity (Wildman–Crippen MR) is 84.1 cm³/mol. The molecule has 0 bridgehead atoms. The van der Waals surface area contributed by atoms with Gasteiger partial charge in [-0.25, -0.2) is 4.98 Å². The highest BCUT2D eigenvalue weighted by molar-refractivity contribution is 6.17. The number of benzene rings is 1. The van der Waals surface area contributed by atoms with Crippen LogP contribution in [0.15, 0.2) is 30.3 Å². The first-order valence-electron chi connectivity index (χ1n) is 6.88. The first-order chi connectivity index (χ1) is 9.17. The molecule has 0 fully saturated rings. The maximum Gasteiger partial charge on any atom is 0.137 e. The van der Waals surface area contributed by atoms with E-state index in [2.05, 4.69) is 56.0 Å². The van der Waals surface area contributed by atoms with Crippen LogP contribution in [0.4, 0.5) is 5.82 Å². The van der Waals surface area contributed by atoms with Crippen LogP contribution >= 0.6 is 11.6 Å². The van der Waals surface area contributed by atoms with Crippen molar-refractivity contribution in [3.05, 3.63) is 36.0 Å². The van der Waals surface area contributed by atoms with Crippen LogP contribution in [0, 0.1) is 0 Å². The molecule has 0 aliphatic rings. The van der Waals surface area contributed by atoms with E-state index in [4.69, 9.17) is 16.6 Å². The Labute approximate surface area is 120 Å². The maximum absolute atomic E-state index is 5.98. The van der Waals surface area contributed by atoms with Crippen molar-refractivity contribution in [3.63, 3.8) is 0 Å². The molecule has 1 aromatic heterocycles. The fourth-order valence-electron chi connectivity index (χ4n) is 2.37. The average Bonchev–Trinajstić information content (AvgIpc) is 2.43. The van der Waals surface area contributed by atoms with E-state index in [1.165, 1.54) is 10.8 Å². The molecule has 0 N–H and O–H groups in total. The number of anilines is 1. The number of halogens is 1. The van der Waals surface area contributed by atoms with Crippen LogP contribution in [0.25, 0.3) is 10.8 Å². The van der Waals surface area contributed by atoms with Gasteiger partial charge in [0.15, 0.2) is 0 Å². The second-order valence-electron chi connectivity index (χ2n) is 5.08. The van der Waals surface area contributed by atoms with E-state index < -0.39 is 0 Å². The first kappa shape index (κ1) is 14.1. The maximum atomic E-state index is 5.98. The fraction of sp³-hybridized carbons (Fsp3) is 0.438. The predicted octanol–water partition coefficient (Wildman–Crippen LogP) is 4.60. The van der Waals surface area contributed by atoms with E-state index in [-0.39, 0.29) is 0 Å². The number of hydrogen-bond donors (Lipinski definition) is 0. The van der Waals surface area contributed by atoms with Crippen LogP contribution in [0.1, 0.15) is 32.9 Å². The summed E-state index contributed by atoms with van der Waals surface area (Å²) in [5.74, 6) is 1.52. The van der Waals surface area contributed by atoms with E-state index in [9.17, 15) is 0 Å². The molecule has 0 amide bonds. The Kier molecular flexibility index (Phi) is 4.65. The summed E-state index contributed by atoms with van der Waals surface area (Å²) in [6.07, 6.45) is 1.11. The highest BCUT2D eigenvalue weighted by Crippen LogP contribution is 2.27. The molecule has 0 aliphatic carbocycles. The van der Waals surface area contributed by atoms with Gasteiger partial charge in [-0.15, -0.1) is 11.6 Å². The topological polar surface area (TPSA) is 16.1 Å². The zero-order chi connectivity index (χ0) is 13.8. The van der Waals surface area contributed by atoms with Crippen LogP contribution < -0.4 is 4.90 Å². The highest BCUT2D eigenvalue weighted by Gasteiger charge is 2.15. The standard InChI is InChI=1S/C16H21ClN2/c1-4-9-19(12(2)3)16-15-8-6-5-7-13(15)10-14(11-17)18-16/h5-8,10,12H,4,9,11H2,1-3H3. The third-order valence-corrected chi connectivity index (χ3v) is 3.54. The zero-order valence-corrected chi connectivity index (χ0v) is 12.6. The van der Waals surface area contributed by atoms with Gasteiger partial charge in [-0.1, -0.05) is 31.2 Å². The summed E-state index contributed by atoms with van der Waals surface area (Å²) in [6, 6.07) is 10.9. The molecule has 0 radical (unpaired) electrons. The minimum Gasteiger partial charge on any atom is -0.354 e. The summed E-state index contributed by atoms with van der Waals surface area (Å²) in [5.41, 5.74) is 0.942. The second kappa shape index (κ2) is 6.25. The SMILES string of the molecule is CCCN(c1nc(CCl)cc2ccccc12)C(C)C. The normalized spacial score (nSPS) is 11.2. The second-order valence-corrected chi connectivity index (χ2v) is 5.35. The monoisotopic (exact) mass is 276 g/mol. The van der Waals surface area contributed by atoms with Gasteiger partial charge >= 0.3 is 0 Å². The van der Waals surface area contributed by atoms with E-state index in [1.54, 1.807) is 0 Å². The Balaban J connectivity index is 2.61. The van der Waals surface area contributed by atoms with Gasteiger partial charge in [0.25, 0.3) is 0 Å². The molecular weight excluding hydrogens is 256 g/mol. The van der Waals surface area contributed by atoms with Gasteiger partial charge < -0.3 is 4.90 Å². The minimum absolute atomic E-state index is 0.432. The number of hydrogen-bond acceptors (Lipinski definition) is 2. The van der Waals surface area contributed by atoms with Crippen molar-refractivity contribution in [3.8, 4) is 0 Å². The van der Waals surface area contributed by atoms with Gasteiger partial charge in [0.1, 0.15) is 5.82 Å². The zero-order valence-electron chi connectivity index (χ0n) is 11.9. The van der Waals surface area contributed by atoms with Gasteiger partial charge in [-0.3, -0.25) is 0 Å². The summed E-state index contributed by atoms with van der Waals surface area (Å²) in [6.45, 7) is 7.63. The van der Waals surface area contributed by atoms with Gasteiger partial charge in [-0.05, 0) is 31.7 Å². The molecule has 2 aromatic rings. The lowest BCUT2D eigenvalue weighted by atomic mass is 10.1. The number of fused-ring (bicyclic) bond motifs is 1. The van der Waals surface area contributed by atoms with Crippen molar-refractivity contribution in [2.75, 3.05) is 11.4 Å². The average molecular weight is 277 g/mol. The third kappa shape index (κ3) is 3.01. The van der Waals surface area contributed by atoms with Gasteiger partial charge in [0.05, 0.1) is 11.6 Å². The Hall–Kier alpha value is -1.28. The van der Waals surface area contributed by atoms with Crippen molar-refractivity contribution in [1.29, 1.82) is 0 Å². The van der Waals surface area contributed by atoms with Gasteiger partial charge in [0.2, 0.25) is 0 Å². The van der Waals surface area contributed by atoms with E-state index in [0.717, 1.165) is 24.5 Å². The molecule has 0 saturated heterocycles. The molecule has 0 spiro atoms.